The number of aryl methyl sites for hydroxylation is 1. The summed E-state index contributed by atoms with van der Waals surface area (Å²) < 4.78 is 7.03. The third-order valence-corrected chi connectivity index (χ3v) is 3.21. The van der Waals surface area contributed by atoms with Gasteiger partial charge in [0.25, 0.3) is 0 Å². The van der Waals surface area contributed by atoms with E-state index in [9.17, 15) is 0 Å². The summed E-state index contributed by atoms with van der Waals surface area (Å²) in [5, 5.41) is 3.32. The molecule has 0 amide bonds. The highest BCUT2D eigenvalue weighted by Gasteiger charge is 2.12. The van der Waals surface area contributed by atoms with E-state index < -0.39 is 0 Å². The van der Waals surface area contributed by atoms with Crippen LogP contribution in [0.5, 0.6) is 0 Å². The number of alkyl halides is 1. The Morgan fingerprint density at radius 3 is 3.06 bits per heavy atom. The number of nitrogens with one attached hydrogen (secondary N) is 1. The van der Waals surface area contributed by atoms with Gasteiger partial charge in [-0.05, 0) is 12.5 Å². The lowest BCUT2D eigenvalue weighted by molar-refractivity contribution is 0.191. The van der Waals surface area contributed by atoms with Crippen LogP contribution in [-0.4, -0.2) is 40.2 Å². The summed E-state index contributed by atoms with van der Waals surface area (Å²) in [5.41, 5.74) is 1.92. The molecule has 0 aromatic carbocycles. The molecular weight excluding hydrogens is 252 g/mol. The van der Waals surface area contributed by atoms with Gasteiger partial charge >= 0.3 is 0 Å². The number of anilines is 1. The molecule has 18 heavy (non-hydrogen) atoms. The Kier molecular flexibility index (Phi) is 4.38. The molecule has 2 heterocycles. The maximum Gasteiger partial charge on any atom is 0.154 e. The monoisotopic (exact) mass is 268 g/mol. The summed E-state index contributed by atoms with van der Waals surface area (Å²) in [4.78, 5) is 8.68. The zero-order valence-corrected chi connectivity index (χ0v) is 11.3. The summed E-state index contributed by atoms with van der Waals surface area (Å²) in [6, 6.07) is 2.07. The fraction of sp³-hybridized carbons (Fsp3) is 0.500. The van der Waals surface area contributed by atoms with E-state index in [0.717, 1.165) is 23.3 Å². The second kappa shape index (κ2) is 6.02. The largest absolute Gasteiger partial charge is 0.385 e. The van der Waals surface area contributed by atoms with Crippen molar-refractivity contribution in [2.24, 2.45) is 7.05 Å². The first-order valence-electron chi connectivity index (χ1n) is 5.83. The van der Waals surface area contributed by atoms with Crippen LogP contribution in [0.25, 0.3) is 11.0 Å². The number of aromatic nitrogens is 3. The minimum absolute atomic E-state index is 0.131. The Bertz CT molecular complexity index is 514. The number of pyridine rings is 1. The van der Waals surface area contributed by atoms with Crippen molar-refractivity contribution in [3.63, 3.8) is 0 Å². The summed E-state index contributed by atoms with van der Waals surface area (Å²) in [6.07, 6.45) is 4.39. The topological polar surface area (TPSA) is 52.0 Å². The minimum atomic E-state index is 0.131. The first-order chi connectivity index (χ1) is 8.76. The Morgan fingerprint density at radius 2 is 2.33 bits per heavy atom. The maximum atomic E-state index is 5.94. The number of rotatable bonds is 6. The first-order valence-corrected chi connectivity index (χ1v) is 6.37. The van der Waals surface area contributed by atoms with Crippen molar-refractivity contribution >= 4 is 28.5 Å². The molecule has 0 spiro atoms. The summed E-state index contributed by atoms with van der Waals surface area (Å²) in [6.45, 7) is 0.669. The van der Waals surface area contributed by atoms with Crippen molar-refractivity contribution in [2.75, 3.05) is 24.9 Å². The number of nitrogens with zero attached hydrogens (tertiary/aromatic N) is 3. The zero-order chi connectivity index (χ0) is 13.0. The molecule has 0 bridgehead atoms. The minimum Gasteiger partial charge on any atom is -0.385 e. The van der Waals surface area contributed by atoms with E-state index in [2.05, 4.69) is 15.3 Å². The zero-order valence-electron chi connectivity index (χ0n) is 10.6. The van der Waals surface area contributed by atoms with Gasteiger partial charge in [0, 0.05) is 38.9 Å². The van der Waals surface area contributed by atoms with E-state index in [1.807, 2.05) is 17.7 Å². The van der Waals surface area contributed by atoms with Gasteiger partial charge in [-0.3, -0.25) is 0 Å². The molecule has 2 aromatic rings. The van der Waals surface area contributed by atoms with Crippen molar-refractivity contribution in [1.82, 2.24) is 14.5 Å². The average Bonchev–Trinajstić information content (AvgIpc) is 2.77. The van der Waals surface area contributed by atoms with Crippen molar-refractivity contribution in [3.05, 3.63) is 18.6 Å². The molecule has 2 aromatic heterocycles. The molecule has 0 aliphatic heterocycles. The van der Waals surface area contributed by atoms with Crippen molar-refractivity contribution < 1.29 is 4.74 Å². The fourth-order valence-electron chi connectivity index (χ4n) is 1.81. The van der Waals surface area contributed by atoms with Crippen molar-refractivity contribution in [1.29, 1.82) is 0 Å². The fourth-order valence-corrected chi connectivity index (χ4v) is 2.04. The molecule has 0 aliphatic rings. The predicted octanol–water partition coefficient (Wildman–Crippen LogP) is 2.02. The van der Waals surface area contributed by atoms with Gasteiger partial charge in [-0.25, -0.2) is 9.97 Å². The van der Waals surface area contributed by atoms with E-state index in [-0.39, 0.29) is 6.04 Å². The summed E-state index contributed by atoms with van der Waals surface area (Å²) in [5.74, 6) is 1.28. The molecule has 6 heteroatoms. The van der Waals surface area contributed by atoms with Crippen LogP contribution in [0, 0.1) is 0 Å². The lowest BCUT2D eigenvalue weighted by Crippen LogP contribution is -2.23. The van der Waals surface area contributed by atoms with Crippen LogP contribution >= 0.6 is 11.6 Å². The van der Waals surface area contributed by atoms with Gasteiger partial charge in [-0.1, -0.05) is 0 Å². The Morgan fingerprint density at radius 1 is 1.50 bits per heavy atom. The van der Waals surface area contributed by atoms with Crippen molar-refractivity contribution in [3.8, 4) is 0 Å². The Balaban J connectivity index is 2.20. The number of ether oxygens (including phenoxy) is 1. The lowest BCUT2D eigenvalue weighted by atomic mass is 10.2. The number of fused-ring (bicyclic) bond motifs is 1. The maximum absolute atomic E-state index is 5.94. The highest BCUT2D eigenvalue weighted by molar-refractivity contribution is 6.18. The standard InChI is InChI=1S/C12H17ClN4O/c1-17-8-15-11-10(17)3-5-14-12(11)16-9(7-13)4-6-18-2/h3,5,8-9H,4,6-7H2,1-2H3,(H,14,16). The van der Waals surface area contributed by atoms with Gasteiger partial charge in [0.2, 0.25) is 0 Å². The first kappa shape index (κ1) is 13.1. The molecule has 0 aliphatic carbocycles. The van der Waals surface area contributed by atoms with E-state index in [1.165, 1.54) is 0 Å². The van der Waals surface area contributed by atoms with E-state index in [0.29, 0.717) is 12.5 Å². The highest BCUT2D eigenvalue weighted by atomic mass is 35.5. The third-order valence-electron chi connectivity index (χ3n) is 2.84. The molecule has 1 atom stereocenters. The highest BCUT2D eigenvalue weighted by Crippen LogP contribution is 2.19. The quantitative estimate of drug-likeness (QED) is 0.815. The van der Waals surface area contributed by atoms with E-state index in [4.69, 9.17) is 16.3 Å². The second-order valence-corrected chi connectivity index (χ2v) is 4.47. The van der Waals surface area contributed by atoms with Gasteiger partial charge in [-0.2, -0.15) is 0 Å². The SMILES string of the molecule is COCCC(CCl)Nc1nccc2c1ncn2C. The van der Waals surface area contributed by atoms with Crippen LogP contribution in [0.3, 0.4) is 0 Å². The molecule has 0 fully saturated rings. The normalized spacial score (nSPS) is 12.8. The van der Waals surface area contributed by atoms with Crippen LogP contribution < -0.4 is 5.32 Å². The Labute approximate surface area is 111 Å². The van der Waals surface area contributed by atoms with E-state index in [1.54, 1.807) is 19.6 Å². The Hall–Kier alpha value is -1.33. The average molecular weight is 269 g/mol. The predicted molar refractivity (Wildman–Crippen MR) is 73.1 cm³/mol. The molecule has 1 unspecified atom stereocenters. The number of imidazole rings is 1. The van der Waals surface area contributed by atoms with Crippen LogP contribution in [-0.2, 0) is 11.8 Å². The van der Waals surface area contributed by atoms with Crippen LogP contribution in [0.1, 0.15) is 6.42 Å². The number of halogens is 1. The summed E-state index contributed by atoms with van der Waals surface area (Å²) >= 11 is 5.94. The van der Waals surface area contributed by atoms with Crippen LogP contribution in [0.4, 0.5) is 5.82 Å². The van der Waals surface area contributed by atoms with Crippen LogP contribution in [0.15, 0.2) is 18.6 Å². The molecule has 0 saturated carbocycles. The second-order valence-electron chi connectivity index (χ2n) is 4.16. The van der Waals surface area contributed by atoms with Gasteiger partial charge in [-0.15, -0.1) is 11.6 Å². The van der Waals surface area contributed by atoms with Crippen molar-refractivity contribution in [2.45, 2.75) is 12.5 Å². The van der Waals surface area contributed by atoms with Gasteiger partial charge in [0.05, 0.1) is 11.8 Å². The van der Waals surface area contributed by atoms with Crippen LogP contribution in [0.2, 0.25) is 0 Å². The van der Waals surface area contributed by atoms with Gasteiger partial charge in [0.15, 0.2) is 5.82 Å². The lowest BCUT2D eigenvalue weighted by Gasteiger charge is -2.16. The number of hydrogen-bond donors (Lipinski definition) is 1. The molecule has 0 saturated heterocycles. The summed E-state index contributed by atoms with van der Waals surface area (Å²) in [7, 11) is 3.64. The van der Waals surface area contributed by atoms with Gasteiger partial charge < -0.3 is 14.6 Å². The smallest absolute Gasteiger partial charge is 0.154 e. The molecule has 1 N–H and O–H groups in total. The van der Waals surface area contributed by atoms with Gasteiger partial charge in [0.1, 0.15) is 5.52 Å². The number of hydrogen-bond acceptors (Lipinski definition) is 4. The molecule has 2 rings (SSSR count). The molecular formula is C12H17ClN4O. The molecule has 98 valence electrons. The number of methoxy groups -OCH3 is 1. The molecule has 0 radical (unpaired) electrons. The van der Waals surface area contributed by atoms with E-state index >= 15 is 0 Å². The molecule has 5 nitrogen and oxygen atoms in total. The third kappa shape index (κ3) is 2.73.